The molecule has 64 valence electrons. The first-order valence-electron chi connectivity index (χ1n) is 3.29. The van der Waals surface area contributed by atoms with E-state index >= 15 is 0 Å². The Morgan fingerprint density at radius 3 is 2.83 bits per heavy atom. The highest BCUT2D eigenvalue weighted by molar-refractivity contribution is 14.1. The van der Waals surface area contributed by atoms with Crippen LogP contribution in [0.5, 0.6) is 0 Å². The highest BCUT2D eigenvalue weighted by atomic mass is 127. The summed E-state index contributed by atoms with van der Waals surface area (Å²) in [5, 5.41) is 1.18. The molecule has 1 aromatic heterocycles. The molecule has 0 bridgehead atoms. The molecule has 1 aromatic carbocycles. The first-order valence-corrected chi connectivity index (χ1v) is 4.37. The lowest BCUT2D eigenvalue weighted by molar-refractivity contribution is 1.46. The summed E-state index contributed by atoms with van der Waals surface area (Å²) in [6.45, 7) is 0. The maximum atomic E-state index is 5.67. The normalized spacial score (nSPS) is 9.75. The molecule has 2 aromatic rings. The summed E-state index contributed by atoms with van der Waals surface area (Å²) in [6.07, 6.45) is 1.92. The predicted molar refractivity (Wildman–Crippen MR) is 62.7 cm³/mol. The Labute approximate surface area is 90.1 Å². The van der Waals surface area contributed by atoms with Crippen molar-refractivity contribution in [2.24, 2.45) is 0 Å². The molecule has 3 N–H and O–H groups in total. The van der Waals surface area contributed by atoms with Gasteiger partial charge in [-0.2, -0.15) is 0 Å². The average Bonchev–Trinajstić information content (AvgIpc) is 2.34. The van der Waals surface area contributed by atoms with Crippen molar-refractivity contribution in [1.29, 1.82) is 0 Å². The molecule has 4 heteroatoms. The fourth-order valence-electron chi connectivity index (χ4n) is 1.15. The van der Waals surface area contributed by atoms with Crippen LogP contribution in [0.3, 0.4) is 0 Å². The number of rotatable bonds is 0. The maximum absolute atomic E-state index is 5.67. The third-order valence-electron chi connectivity index (χ3n) is 1.63. The van der Waals surface area contributed by atoms with E-state index in [-0.39, 0.29) is 12.4 Å². The second kappa shape index (κ2) is 3.53. The van der Waals surface area contributed by atoms with E-state index in [1.165, 1.54) is 14.5 Å². The van der Waals surface area contributed by atoms with Crippen molar-refractivity contribution in [3.8, 4) is 0 Å². The Hall–Kier alpha value is -0.420. The van der Waals surface area contributed by atoms with E-state index in [1.807, 2.05) is 24.4 Å². The third kappa shape index (κ3) is 1.51. The first-order chi connectivity index (χ1) is 5.27. The topological polar surface area (TPSA) is 41.8 Å². The number of fused-ring (bicyclic) bond motifs is 1. The molecule has 0 radical (unpaired) electrons. The molecule has 1 heterocycles. The van der Waals surface area contributed by atoms with E-state index in [0.29, 0.717) is 0 Å². The van der Waals surface area contributed by atoms with Gasteiger partial charge < -0.3 is 10.7 Å². The van der Waals surface area contributed by atoms with E-state index < -0.39 is 0 Å². The van der Waals surface area contributed by atoms with Gasteiger partial charge in [0.05, 0.1) is 5.52 Å². The summed E-state index contributed by atoms with van der Waals surface area (Å²) in [5.41, 5.74) is 7.65. The molecule has 0 spiro atoms. The molecule has 0 fully saturated rings. The van der Waals surface area contributed by atoms with E-state index in [1.54, 1.807) is 0 Å². The molecule has 2 rings (SSSR count). The fraction of sp³-hybridized carbons (Fsp3) is 0. The number of anilines is 1. The van der Waals surface area contributed by atoms with Gasteiger partial charge in [0.15, 0.2) is 0 Å². The van der Waals surface area contributed by atoms with Crippen LogP contribution in [-0.4, -0.2) is 4.98 Å². The first kappa shape index (κ1) is 9.67. The molecule has 0 aliphatic rings. The van der Waals surface area contributed by atoms with Gasteiger partial charge in [-0.3, -0.25) is 0 Å². The van der Waals surface area contributed by atoms with Crippen LogP contribution in [0.15, 0.2) is 24.4 Å². The smallest absolute Gasteiger partial charge is 0.0591 e. The number of aromatic amines is 1. The van der Waals surface area contributed by atoms with Crippen molar-refractivity contribution in [3.63, 3.8) is 0 Å². The number of hydrogen-bond donors (Lipinski definition) is 2. The fourth-order valence-corrected chi connectivity index (χ4v) is 1.97. The summed E-state index contributed by atoms with van der Waals surface area (Å²) in [5.74, 6) is 0. The minimum absolute atomic E-state index is 0. The Balaban J connectivity index is 0.000000720. The van der Waals surface area contributed by atoms with Crippen molar-refractivity contribution < 1.29 is 0 Å². The quantitative estimate of drug-likeness (QED) is 0.569. The molecule has 0 unspecified atom stereocenters. The predicted octanol–water partition coefficient (Wildman–Crippen LogP) is 2.78. The molecule has 0 atom stereocenters. The van der Waals surface area contributed by atoms with Crippen molar-refractivity contribution in [3.05, 3.63) is 28.0 Å². The number of halogens is 2. The van der Waals surface area contributed by atoms with E-state index in [0.717, 1.165) is 5.69 Å². The molecule has 0 saturated heterocycles. The highest BCUT2D eigenvalue weighted by Crippen LogP contribution is 2.22. The molecular formula is C8H8ClIN2. The van der Waals surface area contributed by atoms with Gasteiger partial charge in [0, 0.05) is 20.8 Å². The Morgan fingerprint density at radius 1 is 1.33 bits per heavy atom. The zero-order chi connectivity index (χ0) is 7.84. The van der Waals surface area contributed by atoms with Crippen LogP contribution in [0.4, 0.5) is 5.69 Å². The van der Waals surface area contributed by atoms with Gasteiger partial charge in [0.2, 0.25) is 0 Å². The van der Waals surface area contributed by atoms with Crippen LogP contribution in [0.25, 0.3) is 10.9 Å². The Morgan fingerprint density at radius 2 is 2.08 bits per heavy atom. The van der Waals surface area contributed by atoms with Crippen LogP contribution >= 0.6 is 35.0 Å². The monoisotopic (exact) mass is 294 g/mol. The van der Waals surface area contributed by atoms with E-state index in [4.69, 9.17) is 5.73 Å². The number of nitrogens with two attached hydrogens (primary N) is 1. The summed E-state index contributed by atoms with van der Waals surface area (Å²) in [6, 6.07) is 5.95. The summed E-state index contributed by atoms with van der Waals surface area (Å²) < 4.78 is 1.17. The highest BCUT2D eigenvalue weighted by Gasteiger charge is 1.99. The summed E-state index contributed by atoms with van der Waals surface area (Å²) in [7, 11) is 0. The molecule has 2 nitrogen and oxygen atoms in total. The minimum atomic E-state index is 0. The lowest BCUT2D eigenvalue weighted by Gasteiger charge is -1.96. The van der Waals surface area contributed by atoms with Gasteiger partial charge >= 0.3 is 0 Å². The van der Waals surface area contributed by atoms with E-state index in [9.17, 15) is 0 Å². The number of nitrogen functional groups attached to an aromatic ring is 1. The number of aromatic nitrogens is 1. The molecule has 0 saturated carbocycles. The molecule has 0 amide bonds. The summed E-state index contributed by atoms with van der Waals surface area (Å²) in [4.78, 5) is 3.15. The SMILES string of the molecule is Cl.Nc1cc(I)c2[nH]ccc2c1. The van der Waals surface area contributed by atoms with Crippen LogP contribution < -0.4 is 5.73 Å². The number of hydrogen-bond acceptors (Lipinski definition) is 1. The van der Waals surface area contributed by atoms with Gasteiger partial charge in [-0.1, -0.05) is 0 Å². The van der Waals surface area contributed by atoms with Crippen LogP contribution in [-0.2, 0) is 0 Å². The van der Waals surface area contributed by atoms with Crippen LogP contribution in [0.1, 0.15) is 0 Å². The zero-order valence-electron chi connectivity index (χ0n) is 6.17. The molecule has 0 aliphatic carbocycles. The van der Waals surface area contributed by atoms with Crippen molar-refractivity contribution in [1.82, 2.24) is 4.98 Å². The largest absolute Gasteiger partial charge is 0.399 e. The molecule has 0 aliphatic heterocycles. The van der Waals surface area contributed by atoms with E-state index in [2.05, 4.69) is 27.6 Å². The van der Waals surface area contributed by atoms with Gasteiger partial charge in [0.1, 0.15) is 0 Å². The Bertz CT molecular complexity index is 397. The van der Waals surface area contributed by atoms with Gasteiger partial charge in [-0.05, 0) is 40.8 Å². The van der Waals surface area contributed by atoms with Gasteiger partial charge in [-0.15, -0.1) is 12.4 Å². The number of H-pyrrole nitrogens is 1. The van der Waals surface area contributed by atoms with Crippen LogP contribution in [0, 0.1) is 3.57 Å². The second-order valence-electron chi connectivity index (χ2n) is 2.44. The van der Waals surface area contributed by atoms with Gasteiger partial charge in [-0.25, -0.2) is 0 Å². The average molecular weight is 295 g/mol. The van der Waals surface area contributed by atoms with Crippen molar-refractivity contribution in [2.75, 3.05) is 5.73 Å². The zero-order valence-corrected chi connectivity index (χ0v) is 9.15. The minimum Gasteiger partial charge on any atom is -0.399 e. The number of nitrogens with one attached hydrogen (secondary N) is 1. The Kier molecular flexibility index (Phi) is 2.85. The lowest BCUT2D eigenvalue weighted by Crippen LogP contribution is -1.85. The van der Waals surface area contributed by atoms with Gasteiger partial charge in [0.25, 0.3) is 0 Å². The second-order valence-corrected chi connectivity index (χ2v) is 3.61. The maximum Gasteiger partial charge on any atom is 0.0591 e. The lowest BCUT2D eigenvalue weighted by atomic mass is 10.2. The standard InChI is InChI=1S/C8H7IN2.ClH/c9-7-4-6(10)3-5-1-2-11-8(5)7;/h1-4,11H,10H2;1H. The molecular weight excluding hydrogens is 286 g/mol. The number of benzene rings is 1. The third-order valence-corrected chi connectivity index (χ3v) is 2.48. The summed E-state index contributed by atoms with van der Waals surface area (Å²) >= 11 is 2.27. The van der Waals surface area contributed by atoms with Crippen molar-refractivity contribution >= 4 is 51.6 Å². The van der Waals surface area contributed by atoms with Crippen molar-refractivity contribution in [2.45, 2.75) is 0 Å². The van der Waals surface area contributed by atoms with Crippen LogP contribution in [0.2, 0.25) is 0 Å². The molecule has 12 heavy (non-hydrogen) atoms.